The van der Waals surface area contributed by atoms with Crippen LogP contribution in [0, 0.1) is 0 Å². The van der Waals surface area contributed by atoms with Crippen molar-refractivity contribution < 1.29 is 19.2 Å². The van der Waals surface area contributed by atoms with Crippen molar-refractivity contribution >= 4 is 23.5 Å². The number of fused-ring (bicyclic) bond motifs is 1. The summed E-state index contributed by atoms with van der Waals surface area (Å²) in [5, 5.41) is 2.58. The van der Waals surface area contributed by atoms with Gasteiger partial charge in [0.15, 0.2) is 0 Å². The summed E-state index contributed by atoms with van der Waals surface area (Å²) in [6.45, 7) is 1.76. The van der Waals surface area contributed by atoms with E-state index in [1.54, 1.807) is 24.3 Å². The van der Waals surface area contributed by atoms with Crippen molar-refractivity contribution in [2.45, 2.75) is 19.8 Å². The van der Waals surface area contributed by atoms with Crippen LogP contribution in [0.1, 0.15) is 40.5 Å². The largest absolute Gasteiger partial charge is 0.356 e. The summed E-state index contributed by atoms with van der Waals surface area (Å²) >= 11 is 0. The Labute approximate surface area is 122 Å². The van der Waals surface area contributed by atoms with E-state index >= 15 is 0 Å². The Balaban J connectivity index is 1.88. The molecule has 0 saturated heterocycles. The highest BCUT2D eigenvalue weighted by atomic mass is 16.2. The van der Waals surface area contributed by atoms with Gasteiger partial charge >= 0.3 is 0 Å². The van der Waals surface area contributed by atoms with Gasteiger partial charge in [-0.05, 0) is 19.1 Å². The van der Waals surface area contributed by atoms with Crippen LogP contribution in [0.4, 0.5) is 0 Å². The van der Waals surface area contributed by atoms with E-state index in [2.05, 4.69) is 5.32 Å². The Morgan fingerprint density at radius 1 is 1.05 bits per heavy atom. The van der Waals surface area contributed by atoms with E-state index in [1.807, 2.05) is 0 Å². The Morgan fingerprint density at radius 3 is 2.14 bits per heavy atom. The molecule has 1 aliphatic heterocycles. The standard InChI is InChI=1S/C15H16N2O4/c1-10(18)6-8-16-13(19)7-9-17-14(20)11-4-2-3-5-12(11)15(17)21/h2-5H,6-9H2,1H3,(H,16,19). The number of hydrogen-bond donors (Lipinski definition) is 1. The number of carbonyl (C=O) groups excluding carboxylic acids is 4. The van der Waals surface area contributed by atoms with Crippen molar-refractivity contribution in [2.75, 3.05) is 13.1 Å². The second-order valence-corrected chi connectivity index (χ2v) is 4.86. The van der Waals surface area contributed by atoms with Crippen molar-refractivity contribution in [1.82, 2.24) is 10.2 Å². The third-order valence-corrected chi connectivity index (χ3v) is 3.24. The maximum atomic E-state index is 12.1. The number of nitrogens with one attached hydrogen (secondary N) is 1. The van der Waals surface area contributed by atoms with Crippen molar-refractivity contribution in [2.24, 2.45) is 0 Å². The molecule has 0 unspecified atom stereocenters. The third-order valence-electron chi connectivity index (χ3n) is 3.24. The number of carbonyl (C=O) groups is 4. The van der Waals surface area contributed by atoms with Gasteiger partial charge in [0.1, 0.15) is 5.78 Å². The second-order valence-electron chi connectivity index (χ2n) is 4.86. The van der Waals surface area contributed by atoms with Crippen LogP contribution >= 0.6 is 0 Å². The predicted molar refractivity (Wildman–Crippen MR) is 74.7 cm³/mol. The van der Waals surface area contributed by atoms with E-state index in [0.717, 1.165) is 4.90 Å². The normalized spacial score (nSPS) is 13.3. The van der Waals surface area contributed by atoms with Gasteiger partial charge in [0.05, 0.1) is 11.1 Å². The zero-order chi connectivity index (χ0) is 15.4. The third kappa shape index (κ3) is 3.34. The van der Waals surface area contributed by atoms with Crippen LogP contribution in [0.2, 0.25) is 0 Å². The molecule has 6 heteroatoms. The van der Waals surface area contributed by atoms with Gasteiger partial charge in [-0.1, -0.05) is 12.1 Å². The van der Waals surface area contributed by atoms with Gasteiger partial charge < -0.3 is 5.32 Å². The molecule has 0 radical (unpaired) electrons. The van der Waals surface area contributed by atoms with E-state index in [1.165, 1.54) is 6.92 Å². The number of imide groups is 1. The highest BCUT2D eigenvalue weighted by molar-refractivity contribution is 6.21. The van der Waals surface area contributed by atoms with Gasteiger partial charge in [-0.25, -0.2) is 0 Å². The first-order valence-electron chi connectivity index (χ1n) is 6.72. The summed E-state index contributed by atoms with van der Waals surface area (Å²) < 4.78 is 0. The molecule has 0 fully saturated rings. The molecule has 1 aromatic rings. The SMILES string of the molecule is CC(=O)CCNC(=O)CCN1C(=O)c2ccccc2C1=O. The van der Waals surface area contributed by atoms with Crippen molar-refractivity contribution in [3.63, 3.8) is 0 Å². The molecule has 1 aliphatic rings. The molecule has 0 bridgehead atoms. The molecule has 2 rings (SSSR count). The van der Waals surface area contributed by atoms with Gasteiger partial charge in [0, 0.05) is 25.9 Å². The van der Waals surface area contributed by atoms with Crippen LogP contribution in [0.15, 0.2) is 24.3 Å². The summed E-state index contributed by atoms with van der Waals surface area (Å²) in [5.41, 5.74) is 0.749. The van der Waals surface area contributed by atoms with Gasteiger partial charge in [0.25, 0.3) is 11.8 Å². The predicted octanol–water partition coefficient (Wildman–Crippen LogP) is 0.768. The minimum atomic E-state index is -0.368. The molecule has 21 heavy (non-hydrogen) atoms. The van der Waals surface area contributed by atoms with Crippen LogP contribution < -0.4 is 5.32 Å². The van der Waals surface area contributed by atoms with Gasteiger partial charge in [0.2, 0.25) is 5.91 Å². The fourth-order valence-corrected chi connectivity index (χ4v) is 2.12. The number of nitrogens with zero attached hydrogens (tertiary/aromatic N) is 1. The molecule has 0 aliphatic carbocycles. The molecule has 1 aromatic carbocycles. The number of hydrogen-bond acceptors (Lipinski definition) is 4. The molecule has 110 valence electrons. The first-order valence-corrected chi connectivity index (χ1v) is 6.72. The number of benzene rings is 1. The van der Waals surface area contributed by atoms with Crippen molar-refractivity contribution in [3.05, 3.63) is 35.4 Å². The molecular formula is C15H16N2O4. The van der Waals surface area contributed by atoms with Gasteiger partial charge in [-0.3, -0.25) is 24.1 Å². The minimum Gasteiger partial charge on any atom is -0.356 e. The van der Waals surface area contributed by atoms with Crippen LogP contribution in [-0.2, 0) is 9.59 Å². The quantitative estimate of drug-likeness (QED) is 0.784. The summed E-state index contributed by atoms with van der Waals surface area (Å²) in [4.78, 5) is 47.5. The average molecular weight is 288 g/mol. The monoisotopic (exact) mass is 288 g/mol. The van der Waals surface area contributed by atoms with Crippen molar-refractivity contribution in [3.8, 4) is 0 Å². The first kappa shape index (κ1) is 14.9. The van der Waals surface area contributed by atoms with E-state index in [4.69, 9.17) is 0 Å². The molecule has 1 heterocycles. The zero-order valence-corrected chi connectivity index (χ0v) is 11.7. The highest BCUT2D eigenvalue weighted by Crippen LogP contribution is 2.22. The number of ketones is 1. The van der Waals surface area contributed by atoms with E-state index in [9.17, 15) is 19.2 Å². The van der Waals surface area contributed by atoms with Crippen LogP contribution in [0.3, 0.4) is 0 Å². The van der Waals surface area contributed by atoms with Gasteiger partial charge in [-0.15, -0.1) is 0 Å². The fraction of sp³-hybridized carbons (Fsp3) is 0.333. The van der Waals surface area contributed by atoms with Gasteiger partial charge in [-0.2, -0.15) is 0 Å². The summed E-state index contributed by atoms with van der Waals surface area (Å²) in [5.74, 6) is -1.03. The lowest BCUT2D eigenvalue weighted by molar-refractivity contribution is -0.121. The summed E-state index contributed by atoms with van der Waals surface area (Å²) in [6, 6.07) is 6.59. The lowest BCUT2D eigenvalue weighted by Crippen LogP contribution is -2.35. The fourth-order valence-electron chi connectivity index (χ4n) is 2.12. The Hall–Kier alpha value is -2.50. The van der Waals surface area contributed by atoms with E-state index in [0.29, 0.717) is 11.1 Å². The number of amides is 3. The molecule has 0 spiro atoms. The Bertz CT molecular complexity index is 574. The molecule has 0 atom stereocenters. The van der Waals surface area contributed by atoms with Crippen LogP contribution in [0.5, 0.6) is 0 Å². The summed E-state index contributed by atoms with van der Waals surface area (Å²) in [7, 11) is 0. The van der Waals surface area contributed by atoms with E-state index < -0.39 is 0 Å². The Morgan fingerprint density at radius 2 is 1.62 bits per heavy atom. The maximum absolute atomic E-state index is 12.1. The van der Waals surface area contributed by atoms with E-state index in [-0.39, 0.29) is 49.4 Å². The molecule has 3 amide bonds. The Kier molecular flexibility index (Phi) is 4.47. The average Bonchev–Trinajstić information content (AvgIpc) is 2.69. The maximum Gasteiger partial charge on any atom is 0.261 e. The van der Waals surface area contributed by atoms with Crippen LogP contribution in [-0.4, -0.2) is 41.5 Å². The van der Waals surface area contributed by atoms with Crippen LogP contribution in [0.25, 0.3) is 0 Å². The topological polar surface area (TPSA) is 83.6 Å². The molecule has 1 N–H and O–H groups in total. The smallest absolute Gasteiger partial charge is 0.261 e. The molecule has 0 saturated carbocycles. The summed E-state index contributed by atoms with van der Waals surface area (Å²) in [6.07, 6.45) is 0.308. The number of rotatable bonds is 6. The minimum absolute atomic E-state index is 0.00403. The lowest BCUT2D eigenvalue weighted by atomic mass is 10.1. The van der Waals surface area contributed by atoms with Crippen molar-refractivity contribution in [1.29, 1.82) is 0 Å². The molecule has 6 nitrogen and oxygen atoms in total. The lowest BCUT2D eigenvalue weighted by Gasteiger charge is -2.13. The second kappa shape index (κ2) is 6.30. The zero-order valence-electron chi connectivity index (χ0n) is 11.7. The molecular weight excluding hydrogens is 272 g/mol. The molecule has 0 aromatic heterocycles. The number of Topliss-reactive ketones (excluding diaryl/α,β-unsaturated/α-hetero) is 1. The first-order chi connectivity index (χ1) is 10.0. The highest BCUT2D eigenvalue weighted by Gasteiger charge is 2.34.